The first-order valence-corrected chi connectivity index (χ1v) is 10.5. The number of rotatable bonds is 5. The fraction of sp³-hybridized carbons (Fsp3) is 0.185. The van der Waals surface area contributed by atoms with Gasteiger partial charge >= 0.3 is 0 Å². The molecular formula is C27H25NO5. The van der Waals surface area contributed by atoms with Crippen LogP contribution < -0.4 is 14.4 Å². The molecule has 1 amide bonds. The van der Waals surface area contributed by atoms with Crippen molar-refractivity contribution in [3.8, 4) is 11.5 Å². The van der Waals surface area contributed by atoms with Gasteiger partial charge in [0.25, 0.3) is 11.7 Å². The van der Waals surface area contributed by atoms with Crippen LogP contribution in [0.4, 0.5) is 5.69 Å². The number of hydrogen-bond acceptors (Lipinski definition) is 5. The van der Waals surface area contributed by atoms with Crippen LogP contribution in [0.25, 0.3) is 5.76 Å². The van der Waals surface area contributed by atoms with Crippen molar-refractivity contribution in [3.63, 3.8) is 0 Å². The maximum absolute atomic E-state index is 13.4. The lowest BCUT2D eigenvalue weighted by Gasteiger charge is -2.27. The van der Waals surface area contributed by atoms with E-state index in [1.807, 2.05) is 44.2 Å². The Kier molecular flexibility index (Phi) is 5.92. The molecule has 0 saturated carbocycles. The van der Waals surface area contributed by atoms with Crippen LogP contribution in [0.5, 0.6) is 11.5 Å². The Morgan fingerprint density at radius 1 is 0.909 bits per heavy atom. The Morgan fingerprint density at radius 3 is 2.36 bits per heavy atom. The lowest BCUT2D eigenvalue weighted by molar-refractivity contribution is -0.132. The molecule has 168 valence electrons. The van der Waals surface area contributed by atoms with E-state index in [9.17, 15) is 14.7 Å². The van der Waals surface area contributed by atoms with Crippen LogP contribution in [0.3, 0.4) is 0 Å². The number of anilines is 1. The van der Waals surface area contributed by atoms with Gasteiger partial charge in [-0.1, -0.05) is 42.0 Å². The minimum absolute atomic E-state index is 0.000376. The summed E-state index contributed by atoms with van der Waals surface area (Å²) in [5.41, 5.74) is 3.31. The zero-order chi connectivity index (χ0) is 23.7. The summed E-state index contributed by atoms with van der Waals surface area (Å²) >= 11 is 0. The number of carbonyl (C=O) groups excluding carboxylic acids is 2. The van der Waals surface area contributed by atoms with Crippen molar-refractivity contribution in [2.45, 2.75) is 19.9 Å². The molecule has 1 unspecified atom stereocenters. The van der Waals surface area contributed by atoms with Crippen LogP contribution in [-0.4, -0.2) is 31.0 Å². The Hall–Kier alpha value is -4.06. The van der Waals surface area contributed by atoms with E-state index < -0.39 is 17.7 Å². The maximum Gasteiger partial charge on any atom is 0.300 e. The van der Waals surface area contributed by atoms with Crippen LogP contribution in [0.15, 0.2) is 72.3 Å². The number of carbonyl (C=O) groups is 2. The van der Waals surface area contributed by atoms with E-state index in [1.165, 1.54) is 12.0 Å². The van der Waals surface area contributed by atoms with Gasteiger partial charge in [-0.3, -0.25) is 14.5 Å². The molecule has 0 radical (unpaired) electrons. The highest BCUT2D eigenvalue weighted by molar-refractivity contribution is 6.51. The van der Waals surface area contributed by atoms with E-state index >= 15 is 0 Å². The number of Topliss-reactive ketones (excluding diaryl/α,β-unsaturated/α-hetero) is 1. The highest BCUT2D eigenvalue weighted by atomic mass is 16.5. The maximum atomic E-state index is 13.4. The number of nitrogens with zero attached hydrogens (tertiary/aromatic N) is 1. The molecule has 0 bridgehead atoms. The molecule has 1 saturated heterocycles. The molecule has 0 aliphatic carbocycles. The van der Waals surface area contributed by atoms with Crippen molar-refractivity contribution in [2.24, 2.45) is 0 Å². The second-order valence-corrected chi connectivity index (χ2v) is 7.94. The smallest absolute Gasteiger partial charge is 0.300 e. The Morgan fingerprint density at radius 2 is 1.67 bits per heavy atom. The van der Waals surface area contributed by atoms with Crippen LogP contribution in [0.1, 0.15) is 28.3 Å². The third kappa shape index (κ3) is 3.84. The van der Waals surface area contributed by atoms with Crippen LogP contribution in [0, 0.1) is 13.8 Å². The molecular weight excluding hydrogens is 418 g/mol. The normalized spacial score (nSPS) is 17.3. The highest BCUT2D eigenvalue weighted by Gasteiger charge is 2.47. The first-order chi connectivity index (χ1) is 15.9. The molecule has 0 spiro atoms. The zero-order valence-electron chi connectivity index (χ0n) is 19.0. The first kappa shape index (κ1) is 22.1. The van der Waals surface area contributed by atoms with Gasteiger partial charge in [0.15, 0.2) is 0 Å². The second kappa shape index (κ2) is 8.82. The molecule has 0 aromatic heterocycles. The lowest BCUT2D eigenvalue weighted by atomic mass is 9.94. The lowest BCUT2D eigenvalue weighted by Crippen LogP contribution is -2.30. The topological polar surface area (TPSA) is 76.1 Å². The average molecular weight is 443 g/mol. The van der Waals surface area contributed by atoms with Crippen LogP contribution >= 0.6 is 0 Å². The fourth-order valence-corrected chi connectivity index (χ4v) is 4.19. The minimum atomic E-state index is -0.841. The number of benzene rings is 3. The van der Waals surface area contributed by atoms with E-state index in [0.29, 0.717) is 28.3 Å². The minimum Gasteiger partial charge on any atom is -0.507 e. The summed E-state index contributed by atoms with van der Waals surface area (Å²) in [5.74, 6) is -0.754. The van der Waals surface area contributed by atoms with Crippen LogP contribution in [0.2, 0.25) is 0 Å². The predicted molar refractivity (Wildman–Crippen MR) is 127 cm³/mol. The quantitative estimate of drug-likeness (QED) is 0.343. The van der Waals surface area contributed by atoms with Crippen molar-refractivity contribution >= 4 is 23.1 Å². The SMILES string of the molecule is COc1cccc(C2/C(=C(\O)c3cc(C)ccc3OC)C(=O)C(=O)N2c2ccccc2C)c1. The molecule has 6 nitrogen and oxygen atoms in total. The molecule has 4 rings (SSSR count). The molecule has 3 aromatic carbocycles. The zero-order valence-corrected chi connectivity index (χ0v) is 19.0. The third-order valence-electron chi connectivity index (χ3n) is 5.84. The number of methoxy groups -OCH3 is 2. The monoisotopic (exact) mass is 443 g/mol. The Balaban J connectivity index is 2.02. The molecule has 1 N–H and O–H groups in total. The summed E-state index contributed by atoms with van der Waals surface area (Å²) in [6.07, 6.45) is 0. The number of amides is 1. The molecule has 3 aromatic rings. The summed E-state index contributed by atoms with van der Waals surface area (Å²) in [7, 11) is 3.04. The molecule has 33 heavy (non-hydrogen) atoms. The molecule has 1 aliphatic heterocycles. The van der Waals surface area contributed by atoms with Gasteiger partial charge in [-0.2, -0.15) is 0 Å². The number of para-hydroxylation sites is 1. The number of aliphatic hydroxyl groups is 1. The van der Waals surface area contributed by atoms with Gasteiger partial charge in [0, 0.05) is 5.69 Å². The van der Waals surface area contributed by atoms with E-state index in [0.717, 1.165) is 11.1 Å². The van der Waals surface area contributed by atoms with Gasteiger partial charge in [0.05, 0.1) is 31.4 Å². The summed E-state index contributed by atoms with van der Waals surface area (Å²) in [4.78, 5) is 28.1. The number of ketones is 1. The van der Waals surface area contributed by atoms with Crippen LogP contribution in [-0.2, 0) is 9.59 Å². The fourth-order valence-electron chi connectivity index (χ4n) is 4.19. The molecule has 1 atom stereocenters. The standard InChI is InChI=1S/C27H25NO5/c1-16-12-13-22(33-4)20(14-16)25(29)23-24(18-9-7-10-19(15-18)32-3)28(27(31)26(23)30)21-11-6-5-8-17(21)2/h5-15,24,29H,1-4H3/b25-23+. The van der Waals surface area contributed by atoms with Crippen molar-refractivity contribution in [1.29, 1.82) is 0 Å². The summed E-state index contributed by atoms with van der Waals surface area (Å²) in [5, 5.41) is 11.4. The molecule has 1 aliphatic rings. The van der Waals surface area contributed by atoms with Gasteiger partial charge < -0.3 is 14.6 Å². The highest BCUT2D eigenvalue weighted by Crippen LogP contribution is 2.44. The number of ether oxygens (including phenoxy) is 2. The van der Waals surface area contributed by atoms with E-state index in [2.05, 4.69) is 0 Å². The third-order valence-corrected chi connectivity index (χ3v) is 5.84. The van der Waals surface area contributed by atoms with E-state index in [1.54, 1.807) is 43.5 Å². The summed E-state index contributed by atoms with van der Waals surface area (Å²) < 4.78 is 10.8. The number of aryl methyl sites for hydroxylation is 2. The van der Waals surface area contributed by atoms with E-state index in [4.69, 9.17) is 9.47 Å². The van der Waals surface area contributed by atoms with Crippen molar-refractivity contribution in [2.75, 3.05) is 19.1 Å². The Labute approximate surface area is 192 Å². The summed E-state index contributed by atoms with van der Waals surface area (Å²) in [6.45, 7) is 3.75. The second-order valence-electron chi connectivity index (χ2n) is 7.94. The molecule has 6 heteroatoms. The largest absolute Gasteiger partial charge is 0.507 e. The van der Waals surface area contributed by atoms with Gasteiger partial charge in [0.1, 0.15) is 17.3 Å². The molecule has 1 heterocycles. The van der Waals surface area contributed by atoms with Crippen molar-refractivity contribution in [3.05, 3.63) is 94.6 Å². The van der Waals surface area contributed by atoms with Crippen molar-refractivity contribution < 1.29 is 24.2 Å². The van der Waals surface area contributed by atoms with Gasteiger partial charge in [-0.25, -0.2) is 0 Å². The predicted octanol–water partition coefficient (Wildman–Crippen LogP) is 4.95. The van der Waals surface area contributed by atoms with Gasteiger partial charge in [0.2, 0.25) is 0 Å². The summed E-state index contributed by atoms with van der Waals surface area (Å²) in [6, 6.07) is 19.0. The Bertz CT molecular complexity index is 1280. The average Bonchev–Trinajstić information content (AvgIpc) is 3.09. The van der Waals surface area contributed by atoms with E-state index in [-0.39, 0.29) is 11.3 Å². The van der Waals surface area contributed by atoms with Crippen molar-refractivity contribution in [1.82, 2.24) is 0 Å². The van der Waals surface area contributed by atoms with Gasteiger partial charge in [-0.15, -0.1) is 0 Å². The number of aliphatic hydroxyl groups excluding tert-OH is 1. The first-order valence-electron chi connectivity index (χ1n) is 10.5. The van der Waals surface area contributed by atoms with Gasteiger partial charge in [-0.05, 0) is 55.3 Å². The molecule has 1 fully saturated rings. The number of hydrogen-bond donors (Lipinski definition) is 1.